The van der Waals surface area contributed by atoms with Crippen molar-refractivity contribution < 1.29 is 9.59 Å². The van der Waals surface area contributed by atoms with E-state index in [0.717, 1.165) is 45.1 Å². The first-order valence-electron chi connectivity index (χ1n) is 9.51. The Morgan fingerprint density at radius 2 is 1.92 bits per heavy atom. The topological polar surface area (TPSA) is 61.4 Å². The van der Waals surface area contributed by atoms with Gasteiger partial charge < -0.3 is 15.5 Å². The molecule has 2 N–H and O–H groups in total. The Morgan fingerprint density at radius 1 is 1.20 bits per heavy atom. The fourth-order valence-corrected chi connectivity index (χ4v) is 4.17. The van der Waals surface area contributed by atoms with Gasteiger partial charge in [-0.1, -0.05) is 50.1 Å². The number of hydrogen-bond donors (Lipinski definition) is 2. The zero-order chi connectivity index (χ0) is 17.7. The predicted molar refractivity (Wildman–Crippen MR) is 98.3 cm³/mol. The van der Waals surface area contributed by atoms with E-state index in [-0.39, 0.29) is 23.5 Å². The summed E-state index contributed by atoms with van der Waals surface area (Å²) in [5.41, 5.74) is 1.13. The lowest BCUT2D eigenvalue weighted by molar-refractivity contribution is -0.129. The molecule has 0 bridgehead atoms. The number of likely N-dealkylation sites (tertiary alicyclic amines) is 1. The summed E-state index contributed by atoms with van der Waals surface area (Å²) >= 11 is 0. The highest BCUT2D eigenvalue weighted by atomic mass is 16.2. The molecule has 0 radical (unpaired) electrons. The summed E-state index contributed by atoms with van der Waals surface area (Å²) < 4.78 is 0. The average molecular weight is 343 g/mol. The van der Waals surface area contributed by atoms with Crippen LogP contribution in [0.3, 0.4) is 0 Å². The Morgan fingerprint density at radius 3 is 2.60 bits per heavy atom. The monoisotopic (exact) mass is 343 g/mol. The number of carbonyl (C=O) groups is 2. The Labute approximate surface area is 150 Å². The smallest absolute Gasteiger partial charge is 0.315 e. The first-order valence-corrected chi connectivity index (χ1v) is 9.51. The summed E-state index contributed by atoms with van der Waals surface area (Å²) in [5.74, 6) is 0.168. The van der Waals surface area contributed by atoms with Crippen molar-refractivity contribution in [2.24, 2.45) is 0 Å². The zero-order valence-electron chi connectivity index (χ0n) is 15.1. The molecule has 1 saturated heterocycles. The van der Waals surface area contributed by atoms with E-state index in [9.17, 15) is 9.59 Å². The van der Waals surface area contributed by atoms with Crippen LogP contribution in [0.4, 0.5) is 4.79 Å². The van der Waals surface area contributed by atoms with Crippen molar-refractivity contribution in [1.82, 2.24) is 15.5 Å². The maximum Gasteiger partial charge on any atom is 0.315 e. The molecule has 5 nitrogen and oxygen atoms in total. The van der Waals surface area contributed by atoms with E-state index < -0.39 is 0 Å². The summed E-state index contributed by atoms with van der Waals surface area (Å²) in [6.07, 6.45) is 6.63. The van der Waals surface area contributed by atoms with Gasteiger partial charge in [0.25, 0.3) is 0 Å². The molecule has 3 rings (SSSR count). The first-order chi connectivity index (χ1) is 12.1. The molecule has 136 valence electrons. The molecule has 1 aliphatic carbocycles. The minimum atomic E-state index is -0.136. The molecule has 2 aliphatic rings. The van der Waals surface area contributed by atoms with E-state index in [1.807, 2.05) is 17.9 Å². The predicted octanol–water partition coefficient (Wildman–Crippen LogP) is 2.85. The molecule has 0 aromatic heterocycles. The fraction of sp³-hybridized carbons (Fsp3) is 0.600. The Bertz CT molecular complexity index is 596. The normalized spacial score (nSPS) is 22.0. The SMILES string of the molecule is CCC(=O)N1CCC(NC(=O)NC2(Cc3ccccc3)CCCC2)C1. The third kappa shape index (κ3) is 4.53. The van der Waals surface area contributed by atoms with Crippen molar-refractivity contribution in [3.63, 3.8) is 0 Å². The Kier molecular flexibility index (Phi) is 5.61. The van der Waals surface area contributed by atoms with E-state index in [4.69, 9.17) is 0 Å². The minimum absolute atomic E-state index is 0.0608. The van der Waals surface area contributed by atoms with E-state index >= 15 is 0 Å². The fourth-order valence-electron chi connectivity index (χ4n) is 4.17. The van der Waals surface area contributed by atoms with Crippen LogP contribution in [0.5, 0.6) is 0 Å². The molecule has 5 heteroatoms. The molecule has 1 aliphatic heterocycles. The van der Waals surface area contributed by atoms with Gasteiger partial charge in [0.2, 0.25) is 5.91 Å². The third-order valence-corrected chi connectivity index (χ3v) is 5.50. The highest BCUT2D eigenvalue weighted by molar-refractivity contribution is 5.77. The van der Waals surface area contributed by atoms with Crippen LogP contribution in [-0.2, 0) is 11.2 Å². The molecule has 1 unspecified atom stereocenters. The van der Waals surface area contributed by atoms with Crippen molar-refractivity contribution in [2.45, 2.75) is 63.5 Å². The van der Waals surface area contributed by atoms with Crippen LogP contribution in [0.2, 0.25) is 0 Å². The zero-order valence-corrected chi connectivity index (χ0v) is 15.1. The molecule has 1 aromatic carbocycles. The highest BCUT2D eigenvalue weighted by Crippen LogP contribution is 2.32. The number of hydrogen-bond acceptors (Lipinski definition) is 2. The lowest BCUT2D eigenvalue weighted by atomic mass is 9.89. The van der Waals surface area contributed by atoms with Gasteiger partial charge in [0, 0.05) is 31.1 Å². The second-order valence-electron chi connectivity index (χ2n) is 7.43. The van der Waals surface area contributed by atoms with Gasteiger partial charge in [-0.05, 0) is 31.2 Å². The van der Waals surface area contributed by atoms with E-state index in [0.29, 0.717) is 13.0 Å². The van der Waals surface area contributed by atoms with Gasteiger partial charge in [-0.3, -0.25) is 4.79 Å². The van der Waals surface area contributed by atoms with Crippen LogP contribution < -0.4 is 10.6 Å². The molecular weight excluding hydrogens is 314 g/mol. The Balaban J connectivity index is 1.56. The number of nitrogens with one attached hydrogen (secondary N) is 2. The van der Waals surface area contributed by atoms with E-state index in [2.05, 4.69) is 34.9 Å². The van der Waals surface area contributed by atoms with Crippen molar-refractivity contribution >= 4 is 11.9 Å². The minimum Gasteiger partial charge on any atom is -0.341 e. The molecule has 3 amide bonds. The standard InChI is InChI=1S/C20H29N3O2/c1-2-18(24)23-13-10-17(15-23)21-19(25)22-20(11-6-7-12-20)14-16-8-4-3-5-9-16/h3-5,8-9,17H,2,6-7,10-15H2,1H3,(H2,21,22,25). The Hall–Kier alpha value is -2.04. The second kappa shape index (κ2) is 7.89. The van der Waals surface area contributed by atoms with Gasteiger partial charge in [-0.2, -0.15) is 0 Å². The summed E-state index contributed by atoms with van der Waals surface area (Å²) in [4.78, 5) is 26.2. The third-order valence-electron chi connectivity index (χ3n) is 5.50. The number of carbonyl (C=O) groups excluding carboxylic acids is 2. The van der Waals surface area contributed by atoms with Crippen molar-refractivity contribution in [1.29, 1.82) is 0 Å². The van der Waals surface area contributed by atoms with Gasteiger partial charge in [-0.15, -0.1) is 0 Å². The first kappa shape index (κ1) is 17.8. The summed E-state index contributed by atoms with van der Waals surface area (Å²) in [6, 6.07) is 10.4. The number of amides is 3. The van der Waals surface area contributed by atoms with Crippen molar-refractivity contribution in [3.8, 4) is 0 Å². The molecular formula is C20H29N3O2. The van der Waals surface area contributed by atoms with E-state index in [1.165, 1.54) is 5.56 Å². The van der Waals surface area contributed by atoms with Gasteiger partial charge in [0.15, 0.2) is 0 Å². The molecule has 0 spiro atoms. The lowest BCUT2D eigenvalue weighted by Crippen LogP contribution is -2.54. The molecule has 25 heavy (non-hydrogen) atoms. The van der Waals surface area contributed by atoms with Gasteiger partial charge in [-0.25, -0.2) is 4.79 Å². The van der Waals surface area contributed by atoms with Gasteiger partial charge in [0.1, 0.15) is 0 Å². The quantitative estimate of drug-likeness (QED) is 0.863. The largest absolute Gasteiger partial charge is 0.341 e. The number of urea groups is 1. The lowest BCUT2D eigenvalue weighted by Gasteiger charge is -2.31. The summed E-state index contributed by atoms with van der Waals surface area (Å²) in [6.45, 7) is 3.25. The van der Waals surface area contributed by atoms with Gasteiger partial charge in [0.05, 0.1) is 0 Å². The summed E-state index contributed by atoms with van der Waals surface area (Å²) in [5, 5.41) is 6.35. The number of nitrogens with zero attached hydrogens (tertiary/aromatic N) is 1. The van der Waals surface area contributed by atoms with Gasteiger partial charge >= 0.3 is 6.03 Å². The molecule has 1 aromatic rings. The maximum absolute atomic E-state index is 12.6. The molecule has 2 fully saturated rings. The second-order valence-corrected chi connectivity index (χ2v) is 7.43. The van der Waals surface area contributed by atoms with Crippen molar-refractivity contribution in [2.75, 3.05) is 13.1 Å². The summed E-state index contributed by atoms with van der Waals surface area (Å²) in [7, 11) is 0. The highest BCUT2D eigenvalue weighted by Gasteiger charge is 2.36. The van der Waals surface area contributed by atoms with Crippen LogP contribution in [0, 0.1) is 0 Å². The van der Waals surface area contributed by atoms with Crippen LogP contribution in [0.25, 0.3) is 0 Å². The molecule has 1 atom stereocenters. The average Bonchev–Trinajstić information content (AvgIpc) is 3.25. The molecule has 1 saturated carbocycles. The van der Waals surface area contributed by atoms with Crippen LogP contribution in [0.15, 0.2) is 30.3 Å². The van der Waals surface area contributed by atoms with Crippen molar-refractivity contribution in [3.05, 3.63) is 35.9 Å². The number of rotatable bonds is 5. The van der Waals surface area contributed by atoms with Crippen LogP contribution in [-0.4, -0.2) is 41.5 Å². The van der Waals surface area contributed by atoms with Crippen LogP contribution in [0.1, 0.15) is 51.0 Å². The number of benzene rings is 1. The molecule has 1 heterocycles. The van der Waals surface area contributed by atoms with E-state index in [1.54, 1.807) is 0 Å². The maximum atomic E-state index is 12.6. The van der Waals surface area contributed by atoms with Crippen LogP contribution >= 0.6 is 0 Å².